The van der Waals surface area contributed by atoms with Crippen molar-refractivity contribution >= 4 is 21.6 Å². The normalized spacial score (nSPS) is 19.0. The van der Waals surface area contributed by atoms with E-state index in [1.165, 1.54) is 9.99 Å². The molecule has 0 saturated carbocycles. The number of carbonyl (C=O) groups excluding carboxylic acids is 1. The molecule has 3 aliphatic rings. The Morgan fingerprint density at radius 3 is 2.19 bits per heavy atom. The first kappa shape index (κ1) is 28.7. The van der Waals surface area contributed by atoms with Crippen LogP contribution in [0.15, 0.2) is 59.8 Å². The SMILES string of the molecule is COc1cc(C)c(S(=O)(=O)N2CCc3cccc(C(=O)N4CCC5(CC4)CCN(c4ccncc4)CC5)c3C2)c(C)c1. The Kier molecular flexibility index (Phi) is 7.74. The maximum absolute atomic E-state index is 13.9. The summed E-state index contributed by atoms with van der Waals surface area (Å²) in [5.41, 5.74) is 5.38. The molecule has 8 nitrogen and oxygen atoms in total. The minimum absolute atomic E-state index is 0.0204. The Bertz CT molecular complexity index is 1550. The molecule has 1 spiro atoms. The lowest BCUT2D eigenvalue weighted by atomic mass is 9.71. The Hall–Kier alpha value is -3.43. The Morgan fingerprint density at radius 2 is 1.55 bits per heavy atom. The van der Waals surface area contributed by atoms with E-state index in [9.17, 15) is 13.2 Å². The van der Waals surface area contributed by atoms with Gasteiger partial charge in [-0.3, -0.25) is 9.78 Å². The monoisotopic (exact) mass is 588 g/mol. The number of fused-ring (bicyclic) bond motifs is 1. The second kappa shape index (κ2) is 11.3. The van der Waals surface area contributed by atoms with Gasteiger partial charge in [-0.1, -0.05) is 12.1 Å². The summed E-state index contributed by atoms with van der Waals surface area (Å²) in [6, 6.07) is 13.5. The van der Waals surface area contributed by atoms with Crippen molar-refractivity contribution < 1.29 is 17.9 Å². The topological polar surface area (TPSA) is 83.0 Å². The van der Waals surface area contributed by atoms with Crippen LogP contribution in [0.3, 0.4) is 0 Å². The summed E-state index contributed by atoms with van der Waals surface area (Å²) in [6.07, 6.45) is 8.57. The number of pyridine rings is 1. The first-order valence-electron chi connectivity index (χ1n) is 14.9. The van der Waals surface area contributed by atoms with Gasteiger partial charge in [-0.25, -0.2) is 8.42 Å². The predicted octanol–water partition coefficient (Wildman–Crippen LogP) is 4.98. The van der Waals surface area contributed by atoms with Gasteiger partial charge in [0.25, 0.3) is 5.91 Å². The van der Waals surface area contributed by atoms with Gasteiger partial charge in [-0.05, 0) is 104 Å². The number of nitrogens with zero attached hydrogens (tertiary/aromatic N) is 4. The van der Waals surface area contributed by atoms with Crippen molar-refractivity contribution in [3.63, 3.8) is 0 Å². The number of piperidine rings is 2. The van der Waals surface area contributed by atoms with Gasteiger partial charge in [0.1, 0.15) is 5.75 Å². The number of aryl methyl sites for hydroxylation is 2. The molecule has 0 bridgehead atoms. The number of methoxy groups -OCH3 is 1. The van der Waals surface area contributed by atoms with Gasteiger partial charge in [0, 0.05) is 62.9 Å². The first-order valence-corrected chi connectivity index (χ1v) is 16.4. The summed E-state index contributed by atoms with van der Waals surface area (Å²) >= 11 is 0. The molecule has 3 aliphatic heterocycles. The fourth-order valence-electron chi connectivity index (χ4n) is 7.17. The highest BCUT2D eigenvalue weighted by Gasteiger charge is 2.40. The largest absolute Gasteiger partial charge is 0.497 e. The van der Waals surface area contributed by atoms with E-state index in [2.05, 4.69) is 22.0 Å². The summed E-state index contributed by atoms with van der Waals surface area (Å²) in [7, 11) is -2.18. The number of hydrogen-bond donors (Lipinski definition) is 0. The number of hydrogen-bond acceptors (Lipinski definition) is 6. The molecule has 0 N–H and O–H groups in total. The zero-order valence-electron chi connectivity index (χ0n) is 24.8. The van der Waals surface area contributed by atoms with E-state index in [-0.39, 0.29) is 17.9 Å². The average molecular weight is 589 g/mol. The third-order valence-electron chi connectivity index (χ3n) is 9.70. The molecule has 9 heteroatoms. The van der Waals surface area contributed by atoms with Crippen molar-refractivity contribution in [1.82, 2.24) is 14.2 Å². The predicted molar refractivity (Wildman–Crippen MR) is 163 cm³/mol. The molecule has 0 unspecified atom stereocenters. The summed E-state index contributed by atoms with van der Waals surface area (Å²) < 4.78 is 34.7. The second-order valence-electron chi connectivity index (χ2n) is 12.1. The molecule has 1 aromatic heterocycles. The van der Waals surface area contributed by atoms with Crippen LogP contribution in [0.1, 0.15) is 58.3 Å². The number of benzene rings is 2. The van der Waals surface area contributed by atoms with Crippen molar-refractivity contribution in [3.05, 3.63) is 82.7 Å². The van der Waals surface area contributed by atoms with Crippen LogP contribution in [0.2, 0.25) is 0 Å². The molecule has 0 atom stereocenters. The minimum Gasteiger partial charge on any atom is -0.497 e. The van der Waals surface area contributed by atoms with E-state index in [4.69, 9.17) is 4.74 Å². The fourth-order valence-corrected chi connectivity index (χ4v) is 9.00. The highest BCUT2D eigenvalue weighted by molar-refractivity contribution is 7.89. The number of likely N-dealkylation sites (tertiary alicyclic amines) is 1. The fraction of sp³-hybridized carbons (Fsp3) is 0.455. The average Bonchev–Trinajstić information content (AvgIpc) is 3.01. The number of rotatable bonds is 5. The first-order chi connectivity index (χ1) is 20.2. The van der Waals surface area contributed by atoms with Crippen LogP contribution < -0.4 is 9.64 Å². The number of carbonyl (C=O) groups is 1. The third-order valence-corrected chi connectivity index (χ3v) is 11.9. The van der Waals surface area contributed by atoms with Crippen LogP contribution in [0.4, 0.5) is 5.69 Å². The van der Waals surface area contributed by atoms with E-state index in [1.54, 1.807) is 33.1 Å². The minimum atomic E-state index is -3.76. The molecule has 2 aromatic carbocycles. The van der Waals surface area contributed by atoms with Crippen molar-refractivity contribution in [1.29, 1.82) is 0 Å². The van der Waals surface area contributed by atoms with E-state index in [0.29, 0.717) is 40.3 Å². The van der Waals surface area contributed by atoms with Gasteiger partial charge in [0.05, 0.1) is 12.0 Å². The lowest BCUT2D eigenvalue weighted by Gasteiger charge is -2.47. The van der Waals surface area contributed by atoms with Crippen LogP contribution in [0.25, 0.3) is 0 Å². The summed E-state index contributed by atoms with van der Waals surface area (Å²) in [5.74, 6) is 0.662. The lowest BCUT2D eigenvalue weighted by Crippen LogP contribution is -2.48. The Labute approximate surface area is 249 Å². The zero-order valence-corrected chi connectivity index (χ0v) is 25.6. The summed E-state index contributed by atoms with van der Waals surface area (Å²) in [5, 5.41) is 0. The van der Waals surface area contributed by atoms with Crippen LogP contribution in [0, 0.1) is 19.3 Å². The van der Waals surface area contributed by atoms with Crippen LogP contribution in [0.5, 0.6) is 5.75 Å². The van der Waals surface area contributed by atoms with Crippen molar-refractivity contribution in [3.8, 4) is 5.75 Å². The van der Waals surface area contributed by atoms with E-state index < -0.39 is 10.0 Å². The smallest absolute Gasteiger partial charge is 0.254 e. The molecule has 0 aliphatic carbocycles. The van der Waals surface area contributed by atoms with Crippen molar-refractivity contribution in [2.75, 3.05) is 44.7 Å². The van der Waals surface area contributed by atoms with Gasteiger partial charge in [-0.15, -0.1) is 0 Å². The number of aromatic nitrogens is 1. The molecular formula is C33H40N4O4S. The maximum atomic E-state index is 13.9. The molecule has 2 saturated heterocycles. The number of anilines is 1. The van der Waals surface area contributed by atoms with E-state index in [1.807, 2.05) is 35.5 Å². The van der Waals surface area contributed by atoms with Gasteiger partial charge >= 0.3 is 0 Å². The standard InChI is InChI=1S/C33H40N4O4S/c1-24-21-28(41-3)22-25(2)31(24)42(39,40)37-16-9-26-5-4-6-29(30(26)23-37)32(38)36-19-12-33(13-20-36)10-17-35(18-11-33)27-7-14-34-15-8-27/h4-8,14-15,21-22H,9-13,16-20,23H2,1-3H3. The zero-order chi connectivity index (χ0) is 29.5. The quantitative estimate of drug-likeness (QED) is 0.418. The van der Waals surface area contributed by atoms with Crippen LogP contribution in [-0.2, 0) is 23.0 Å². The van der Waals surface area contributed by atoms with Gasteiger partial charge < -0.3 is 14.5 Å². The molecule has 1 amide bonds. The number of amides is 1. The number of ether oxygens (including phenoxy) is 1. The molecule has 222 valence electrons. The molecular weight excluding hydrogens is 548 g/mol. The van der Waals surface area contributed by atoms with Crippen LogP contribution in [-0.4, -0.2) is 68.3 Å². The maximum Gasteiger partial charge on any atom is 0.254 e. The highest BCUT2D eigenvalue weighted by Crippen LogP contribution is 2.42. The molecule has 4 heterocycles. The highest BCUT2D eigenvalue weighted by atomic mass is 32.2. The summed E-state index contributed by atoms with van der Waals surface area (Å²) in [6.45, 7) is 7.74. The second-order valence-corrected chi connectivity index (χ2v) is 14.0. The molecule has 3 aromatic rings. The summed E-state index contributed by atoms with van der Waals surface area (Å²) in [4.78, 5) is 22.8. The molecule has 6 rings (SSSR count). The molecule has 2 fully saturated rings. The molecule has 0 radical (unpaired) electrons. The van der Waals surface area contributed by atoms with Gasteiger partial charge in [0.15, 0.2) is 0 Å². The molecule has 42 heavy (non-hydrogen) atoms. The third kappa shape index (κ3) is 5.28. The van der Waals surface area contributed by atoms with Crippen molar-refractivity contribution in [2.24, 2.45) is 5.41 Å². The Morgan fingerprint density at radius 1 is 0.905 bits per heavy atom. The van der Waals surface area contributed by atoms with E-state index in [0.717, 1.165) is 63.0 Å². The van der Waals surface area contributed by atoms with Crippen LogP contribution >= 0.6 is 0 Å². The Balaban J connectivity index is 1.16. The van der Waals surface area contributed by atoms with Crippen molar-refractivity contribution in [2.45, 2.75) is 57.4 Å². The lowest BCUT2D eigenvalue weighted by molar-refractivity contribution is 0.0513. The van der Waals surface area contributed by atoms with E-state index >= 15 is 0 Å². The van der Waals surface area contributed by atoms with Gasteiger partial charge in [-0.2, -0.15) is 4.31 Å². The van der Waals surface area contributed by atoms with Gasteiger partial charge in [0.2, 0.25) is 10.0 Å². The number of sulfonamides is 1.